The van der Waals surface area contributed by atoms with Crippen LogP contribution in [0, 0.1) is 0 Å². The maximum Gasteiger partial charge on any atom is 0.418 e. The van der Waals surface area contributed by atoms with E-state index in [1.54, 1.807) is 0 Å². The number of nitrogens with zero attached hydrogens (tertiary/aromatic N) is 5. The lowest BCUT2D eigenvalue weighted by molar-refractivity contribution is -0.174. The molecular formula is C22H20B3F3N6O4. The number of hydrogen-bond acceptors (Lipinski definition) is 7. The fourth-order valence-corrected chi connectivity index (χ4v) is 4.76. The molecule has 6 radical (unpaired) electrons. The second kappa shape index (κ2) is 8.42. The number of fused-ring (bicyclic) bond motifs is 1. The van der Waals surface area contributed by atoms with Crippen LogP contribution in [0.5, 0.6) is 5.75 Å². The number of benzene rings is 1. The second-order valence-corrected chi connectivity index (χ2v) is 9.34. The van der Waals surface area contributed by atoms with Crippen molar-refractivity contribution in [2.45, 2.75) is 43.4 Å². The highest BCUT2D eigenvalue weighted by atomic mass is 19.4. The summed E-state index contributed by atoms with van der Waals surface area (Å²) in [7, 11) is 19.8. The minimum Gasteiger partial charge on any atom is -0.495 e. The highest BCUT2D eigenvalue weighted by Crippen LogP contribution is 2.46. The first-order valence-corrected chi connectivity index (χ1v) is 11.0. The van der Waals surface area contributed by atoms with Crippen molar-refractivity contribution in [3.8, 4) is 17.0 Å². The molecule has 0 saturated carbocycles. The van der Waals surface area contributed by atoms with Crippen LogP contribution in [0.25, 0.3) is 16.8 Å². The number of carbonyl (C=O) groups excluding carboxylic acids is 2. The summed E-state index contributed by atoms with van der Waals surface area (Å²) in [4.78, 5) is 31.2. The van der Waals surface area contributed by atoms with E-state index in [1.165, 1.54) is 39.2 Å². The average Bonchev–Trinajstić information content (AvgIpc) is 3.19. The lowest BCUT2D eigenvalue weighted by Crippen LogP contribution is -2.85. The number of ether oxygens (including phenoxy) is 1. The number of anilines is 2. The molecule has 2 aromatic heterocycles. The molecule has 192 valence electrons. The van der Waals surface area contributed by atoms with Crippen LogP contribution in [0.2, 0.25) is 0 Å². The monoisotopic (exact) mass is 522 g/mol. The fourth-order valence-electron chi connectivity index (χ4n) is 4.76. The van der Waals surface area contributed by atoms with Gasteiger partial charge in [-0.1, -0.05) is 0 Å². The van der Waals surface area contributed by atoms with Gasteiger partial charge >= 0.3 is 6.18 Å². The van der Waals surface area contributed by atoms with Crippen molar-refractivity contribution in [3.05, 3.63) is 36.2 Å². The summed E-state index contributed by atoms with van der Waals surface area (Å²) in [5.41, 5.74) is -0.467. The smallest absolute Gasteiger partial charge is 0.418 e. The van der Waals surface area contributed by atoms with Gasteiger partial charge in [0.15, 0.2) is 5.82 Å². The van der Waals surface area contributed by atoms with Crippen molar-refractivity contribution in [1.29, 1.82) is 0 Å². The van der Waals surface area contributed by atoms with Gasteiger partial charge in [-0.05, 0) is 38.1 Å². The number of rotatable bonds is 3. The van der Waals surface area contributed by atoms with Crippen molar-refractivity contribution < 1.29 is 32.6 Å². The second-order valence-electron chi connectivity index (χ2n) is 9.34. The highest BCUT2D eigenvalue weighted by molar-refractivity contribution is 6.49. The number of methoxy groups -OCH3 is 1. The normalized spacial score (nSPS) is 21.1. The maximum atomic E-state index is 13.8. The molecule has 0 aliphatic carbocycles. The number of amides is 2. The first kappa shape index (κ1) is 27.4. The molecule has 1 aliphatic heterocycles. The number of piperazine rings is 1. The number of carbonyl (C=O) groups is 2. The van der Waals surface area contributed by atoms with Crippen LogP contribution in [0.3, 0.4) is 0 Å². The van der Waals surface area contributed by atoms with E-state index in [2.05, 4.69) is 10.1 Å². The SMILES string of the molecule is [B]C1([B])N(c2cc(-c3cc(C(F)(F)F)c4c(N)ncnn34)ccc2OC)C(=O)C(C)(C)N(C(C)=O)C1([B])O. The highest BCUT2D eigenvalue weighted by Gasteiger charge is 2.61. The van der Waals surface area contributed by atoms with Crippen LogP contribution in [0.15, 0.2) is 30.6 Å². The number of halogens is 3. The Morgan fingerprint density at radius 3 is 2.37 bits per heavy atom. The summed E-state index contributed by atoms with van der Waals surface area (Å²) in [5.74, 6) is -2.03. The fraction of sp³-hybridized carbons (Fsp3) is 0.364. The molecule has 1 saturated heterocycles. The van der Waals surface area contributed by atoms with E-state index in [9.17, 15) is 27.9 Å². The van der Waals surface area contributed by atoms with E-state index < -0.39 is 51.4 Å². The maximum absolute atomic E-state index is 13.8. The molecule has 1 aliphatic rings. The van der Waals surface area contributed by atoms with E-state index in [0.29, 0.717) is 4.90 Å². The van der Waals surface area contributed by atoms with Crippen LogP contribution in [0.4, 0.5) is 24.7 Å². The molecule has 0 spiro atoms. The van der Waals surface area contributed by atoms with E-state index in [1.807, 2.05) is 0 Å². The predicted molar refractivity (Wildman–Crippen MR) is 133 cm³/mol. The molecule has 2 amide bonds. The molecule has 3 N–H and O–H groups in total. The minimum atomic E-state index is -4.79. The van der Waals surface area contributed by atoms with Crippen LogP contribution >= 0.6 is 0 Å². The number of hydrogen-bond donors (Lipinski definition) is 2. The van der Waals surface area contributed by atoms with Crippen molar-refractivity contribution in [2.75, 3.05) is 17.7 Å². The molecule has 1 aromatic carbocycles. The first-order chi connectivity index (χ1) is 17.4. The van der Waals surface area contributed by atoms with Gasteiger partial charge in [0, 0.05) is 17.8 Å². The summed E-state index contributed by atoms with van der Waals surface area (Å²) in [6, 6.07) is 4.85. The third-order valence-electron chi connectivity index (χ3n) is 6.50. The molecule has 10 nitrogen and oxygen atoms in total. The van der Waals surface area contributed by atoms with Gasteiger partial charge in [0.1, 0.15) is 36.6 Å². The average molecular weight is 522 g/mol. The standard InChI is InChI=1S/C22H20B3F3N6O4/c1-10(35)34-19(2,3)18(36)32(21(23,24)22(34,25)37)14-7-11(5-6-15(14)38-4)13-8-12(20(26,27)28)16-17(29)30-9-31-33(13)16/h5-9,37H,1-4H3,(H2,29,30,31). The summed E-state index contributed by atoms with van der Waals surface area (Å²) >= 11 is 0. The first-order valence-electron chi connectivity index (χ1n) is 11.0. The predicted octanol–water partition coefficient (Wildman–Crippen LogP) is 0.785. The van der Waals surface area contributed by atoms with Crippen LogP contribution in [-0.4, -0.2) is 83.6 Å². The number of aliphatic hydroxyl groups is 1. The van der Waals surface area contributed by atoms with Crippen LogP contribution < -0.4 is 15.4 Å². The molecular weight excluding hydrogens is 502 g/mol. The molecule has 38 heavy (non-hydrogen) atoms. The quantitative estimate of drug-likeness (QED) is 0.488. The Morgan fingerprint density at radius 1 is 1.18 bits per heavy atom. The van der Waals surface area contributed by atoms with E-state index >= 15 is 0 Å². The van der Waals surface area contributed by atoms with Crippen molar-refractivity contribution in [1.82, 2.24) is 19.5 Å². The Hall–Kier alpha value is -3.68. The number of alkyl halides is 3. The van der Waals surface area contributed by atoms with Gasteiger partial charge in [-0.2, -0.15) is 18.3 Å². The van der Waals surface area contributed by atoms with Gasteiger partial charge in [0.2, 0.25) is 5.91 Å². The molecule has 3 heterocycles. The third-order valence-corrected chi connectivity index (χ3v) is 6.50. The topological polar surface area (TPSA) is 126 Å². The zero-order valence-electron chi connectivity index (χ0n) is 20.7. The minimum absolute atomic E-state index is 0.0105. The Morgan fingerprint density at radius 2 is 1.82 bits per heavy atom. The zero-order chi connectivity index (χ0) is 28.6. The Bertz CT molecular complexity index is 1470. The summed E-state index contributed by atoms with van der Waals surface area (Å²) in [6.45, 7) is 3.72. The lowest BCUT2D eigenvalue weighted by atomic mass is 9.46. The number of nitrogen functional groups attached to an aromatic ring is 1. The summed E-state index contributed by atoms with van der Waals surface area (Å²) in [6.07, 6.45) is -3.80. The third kappa shape index (κ3) is 3.72. The van der Waals surface area contributed by atoms with Crippen molar-refractivity contribution >= 4 is 52.4 Å². The van der Waals surface area contributed by atoms with Gasteiger partial charge in [-0.25, -0.2) is 9.50 Å². The number of aromatic nitrogens is 3. The van der Waals surface area contributed by atoms with Crippen LogP contribution in [-0.2, 0) is 15.8 Å². The summed E-state index contributed by atoms with van der Waals surface area (Å²) < 4.78 is 47.8. The molecule has 3 aromatic rings. The molecule has 16 heteroatoms. The molecule has 1 atom stereocenters. The van der Waals surface area contributed by atoms with Gasteiger partial charge in [-0.15, -0.1) is 0 Å². The lowest BCUT2D eigenvalue weighted by Gasteiger charge is -2.63. The molecule has 0 bridgehead atoms. The van der Waals surface area contributed by atoms with Crippen LogP contribution in [0.1, 0.15) is 26.3 Å². The van der Waals surface area contributed by atoms with Gasteiger partial charge in [0.05, 0.1) is 39.7 Å². The number of nitrogens with two attached hydrogens (primary N) is 1. The van der Waals surface area contributed by atoms with E-state index in [-0.39, 0.29) is 22.7 Å². The Labute approximate surface area is 219 Å². The van der Waals surface area contributed by atoms with Gasteiger partial charge < -0.3 is 25.4 Å². The van der Waals surface area contributed by atoms with E-state index in [0.717, 1.165) is 28.7 Å². The van der Waals surface area contributed by atoms with Gasteiger partial charge in [0.25, 0.3) is 5.91 Å². The Balaban J connectivity index is 2.00. The van der Waals surface area contributed by atoms with Crippen molar-refractivity contribution in [3.63, 3.8) is 0 Å². The Kier molecular flexibility index (Phi) is 6.06. The van der Waals surface area contributed by atoms with Gasteiger partial charge in [-0.3, -0.25) is 9.59 Å². The zero-order valence-corrected chi connectivity index (χ0v) is 20.7. The molecule has 4 rings (SSSR count). The largest absolute Gasteiger partial charge is 0.495 e. The van der Waals surface area contributed by atoms with E-state index in [4.69, 9.17) is 34.0 Å². The molecule has 1 unspecified atom stereocenters. The van der Waals surface area contributed by atoms with Crippen molar-refractivity contribution in [2.24, 2.45) is 0 Å². The molecule has 1 fully saturated rings. The summed E-state index contributed by atoms with van der Waals surface area (Å²) in [5, 5.41) is 12.5.